The number of nitrogens with one attached hydrogen (secondary N) is 1. The number of aliphatic hydroxyl groups excluding tert-OH is 1. The minimum Gasteiger partial charge on any atom is -0.504 e. The van der Waals surface area contributed by atoms with Crippen molar-refractivity contribution < 1.29 is 32.4 Å². The zero-order valence-electron chi connectivity index (χ0n) is 22.8. The fraction of sp³-hybridized carbons (Fsp3) is 0.290. The van der Waals surface area contributed by atoms with Crippen LogP contribution in [0.3, 0.4) is 0 Å². The van der Waals surface area contributed by atoms with Gasteiger partial charge in [-0.15, -0.1) is 5.10 Å². The monoisotopic (exact) mass is 587 g/mol. The van der Waals surface area contributed by atoms with Crippen molar-refractivity contribution in [3.63, 3.8) is 0 Å². The number of esters is 1. The number of ether oxygens (including phenoxy) is 1. The van der Waals surface area contributed by atoms with E-state index in [0.29, 0.717) is 18.4 Å². The first-order valence-electron chi connectivity index (χ1n) is 13.8. The fourth-order valence-electron chi connectivity index (χ4n) is 5.67. The van der Waals surface area contributed by atoms with Crippen LogP contribution in [0, 0.1) is 11.8 Å². The molecule has 42 heavy (non-hydrogen) atoms. The normalized spacial score (nSPS) is 19.0. The van der Waals surface area contributed by atoms with Gasteiger partial charge in [-0.25, -0.2) is 13.2 Å². The van der Waals surface area contributed by atoms with Gasteiger partial charge >= 0.3 is 5.97 Å². The summed E-state index contributed by atoms with van der Waals surface area (Å²) in [6.07, 6.45) is 1.59. The van der Waals surface area contributed by atoms with E-state index in [2.05, 4.69) is 15.1 Å². The maximum atomic E-state index is 13.5. The summed E-state index contributed by atoms with van der Waals surface area (Å²) in [5, 5.41) is 18.4. The van der Waals surface area contributed by atoms with E-state index < -0.39 is 39.6 Å². The van der Waals surface area contributed by atoms with Gasteiger partial charge in [0.05, 0.1) is 5.57 Å². The third-order valence-electron chi connectivity index (χ3n) is 7.93. The fourth-order valence-corrected chi connectivity index (χ4v) is 6.87. The van der Waals surface area contributed by atoms with Gasteiger partial charge in [-0.3, -0.25) is 9.52 Å². The number of aliphatic hydroxyl groups is 1. The van der Waals surface area contributed by atoms with Gasteiger partial charge in [0.15, 0.2) is 23.0 Å². The van der Waals surface area contributed by atoms with E-state index in [9.17, 15) is 23.1 Å². The molecule has 0 radical (unpaired) electrons. The molecule has 216 valence electrons. The number of fused-ring (bicyclic) bond motifs is 1. The van der Waals surface area contributed by atoms with Gasteiger partial charge in [-0.05, 0) is 67.0 Å². The number of cyclic esters (lactones) is 1. The first-order valence-corrected chi connectivity index (χ1v) is 15.3. The summed E-state index contributed by atoms with van der Waals surface area (Å²) >= 11 is 0. The molecule has 3 unspecified atom stereocenters. The second-order valence-corrected chi connectivity index (χ2v) is 12.4. The predicted molar refractivity (Wildman–Crippen MR) is 153 cm³/mol. The zero-order valence-corrected chi connectivity index (χ0v) is 23.6. The second kappa shape index (κ2) is 11.1. The molecule has 1 aliphatic heterocycles. The van der Waals surface area contributed by atoms with Crippen molar-refractivity contribution in [2.75, 3.05) is 4.72 Å². The van der Waals surface area contributed by atoms with Gasteiger partial charge in [0.1, 0.15) is 4.90 Å². The highest BCUT2D eigenvalue weighted by atomic mass is 32.2. The number of hydrogen-bond acceptors (Lipinski definition) is 9. The Labute approximate surface area is 242 Å². The van der Waals surface area contributed by atoms with Crippen molar-refractivity contribution in [1.29, 1.82) is 0 Å². The number of carbonyl (C=O) groups is 2. The van der Waals surface area contributed by atoms with Gasteiger partial charge in [-0.2, -0.15) is 0 Å². The highest BCUT2D eigenvalue weighted by Gasteiger charge is 2.47. The Morgan fingerprint density at radius 1 is 1.02 bits per heavy atom. The number of nitrogens with zero attached hydrogens (tertiary/aromatic N) is 2. The van der Waals surface area contributed by atoms with Crippen LogP contribution in [0.15, 0.2) is 93.5 Å². The molecule has 0 amide bonds. The van der Waals surface area contributed by atoms with Gasteiger partial charge in [0, 0.05) is 22.8 Å². The molecule has 2 heterocycles. The lowest BCUT2D eigenvalue weighted by atomic mass is 9.81. The standard InChI is InChI=1S/C31H29N3O7S/c1-2-19(16-18-8-4-3-5-9-18)30-29(36)28(35)26(31(37)40-30)25(20-14-15-20)21-10-6-11-22(17-21)33-42(38,39)24-13-7-12-23-27(24)32-34-41-23/h3-13,17,19-20,25,30,33,35H,2,14-16H2,1H3. The van der Waals surface area contributed by atoms with Gasteiger partial charge in [0.2, 0.25) is 5.78 Å². The van der Waals surface area contributed by atoms with Crippen LogP contribution in [0.4, 0.5) is 5.69 Å². The quantitative estimate of drug-likeness (QED) is 0.242. The van der Waals surface area contributed by atoms with E-state index in [1.54, 1.807) is 30.3 Å². The lowest BCUT2D eigenvalue weighted by Gasteiger charge is -2.31. The molecule has 1 aliphatic carbocycles. The molecular formula is C31H29N3O7S. The van der Waals surface area contributed by atoms with Crippen LogP contribution in [-0.4, -0.2) is 41.8 Å². The van der Waals surface area contributed by atoms with Crippen LogP contribution in [0.25, 0.3) is 11.1 Å². The Morgan fingerprint density at radius 3 is 2.52 bits per heavy atom. The molecular weight excluding hydrogens is 558 g/mol. The first kappa shape index (κ1) is 27.6. The molecule has 0 bridgehead atoms. The second-order valence-electron chi connectivity index (χ2n) is 10.7. The topological polar surface area (TPSA) is 149 Å². The van der Waals surface area contributed by atoms with Crippen LogP contribution in [0.1, 0.15) is 43.2 Å². The van der Waals surface area contributed by atoms with Crippen LogP contribution >= 0.6 is 0 Å². The van der Waals surface area contributed by atoms with Crippen molar-refractivity contribution >= 4 is 38.6 Å². The number of hydrogen-bond donors (Lipinski definition) is 2. The largest absolute Gasteiger partial charge is 0.504 e. The van der Waals surface area contributed by atoms with Gasteiger partial charge in [-0.1, -0.05) is 55.5 Å². The number of Topliss-reactive ketones (excluding diaryl/α,β-unsaturated/α-hetero) is 1. The molecule has 2 aliphatic rings. The number of aromatic nitrogens is 2. The Balaban J connectivity index is 1.29. The van der Waals surface area contributed by atoms with Crippen LogP contribution in [0.2, 0.25) is 0 Å². The number of carbonyl (C=O) groups excluding carboxylic acids is 2. The predicted octanol–water partition coefficient (Wildman–Crippen LogP) is 5.09. The number of ketones is 1. The van der Waals surface area contributed by atoms with Crippen molar-refractivity contribution in [3.8, 4) is 0 Å². The minimum absolute atomic E-state index is 0.00727. The SMILES string of the molecule is CCC(Cc1ccccc1)C1OC(=O)C(C(c2cccc(NS(=O)(=O)c3cccc4onnc34)c2)C2CC2)=C(O)C1=O. The first-order chi connectivity index (χ1) is 20.3. The van der Waals surface area contributed by atoms with Crippen LogP contribution < -0.4 is 4.72 Å². The summed E-state index contributed by atoms with van der Waals surface area (Å²) in [6.45, 7) is 1.92. The Bertz CT molecular complexity index is 1800. The van der Waals surface area contributed by atoms with Crippen molar-refractivity contribution in [3.05, 3.63) is 95.3 Å². The van der Waals surface area contributed by atoms with Crippen molar-refractivity contribution in [2.24, 2.45) is 11.8 Å². The van der Waals surface area contributed by atoms with Gasteiger partial charge in [0.25, 0.3) is 10.0 Å². The Hall–Kier alpha value is -4.51. The summed E-state index contributed by atoms with van der Waals surface area (Å²) in [5.74, 6) is -2.85. The number of rotatable bonds is 10. The molecule has 4 aromatic rings. The van der Waals surface area contributed by atoms with E-state index in [1.165, 1.54) is 12.1 Å². The smallest absolute Gasteiger partial charge is 0.339 e. The maximum absolute atomic E-state index is 13.5. The lowest BCUT2D eigenvalue weighted by Crippen LogP contribution is -2.42. The highest BCUT2D eigenvalue weighted by Crippen LogP contribution is 2.49. The molecule has 11 heteroatoms. The molecule has 1 fully saturated rings. The number of sulfonamides is 1. The van der Waals surface area contributed by atoms with Crippen molar-refractivity contribution in [2.45, 2.75) is 49.5 Å². The summed E-state index contributed by atoms with van der Waals surface area (Å²) in [5.41, 5.74) is 2.09. The minimum atomic E-state index is -4.08. The maximum Gasteiger partial charge on any atom is 0.339 e. The molecule has 0 saturated heterocycles. The zero-order chi connectivity index (χ0) is 29.4. The molecule has 3 aromatic carbocycles. The molecule has 6 rings (SSSR count). The average Bonchev–Trinajstić information content (AvgIpc) is 3.70. The number of anilines is 1. The summed E-state index contributed by atoms with van der Waals surface area (Å²) in [4.78, 5) is 26.8. The van der Waals surface area contributed by atoms with Crippen LogP contribution in [0.5, 0.6) is 0 Å². The lowest BCUT2D eigenvalue weighted by molar-refractivity contribution is -0.158. The third-order valence-corrected chi connectivity index (χ3v) is 9.34. The Morgan fingerprint density at radius 2 is 1.79 bits per heavy atom. The molecule has 2 N–H and O–H groups in total. The molecule has 1 aromatic heterocycles. The van der Waals surface area contributed by atoms with E-state index in [1.807, 2.05) is 37.3 Å². The number of benzene rings is 3. The summed E-state index contributed by atoms with van der Waals surface area (Å²) in [6, 6.07) is 20.7. The highest BCUT2D eigenvalue weighted by molar-refractivity contribution is 7.93. The summed E-state index contributed by atoms with van der Waals surface area (Å²) < 4.78 is 39.8. The Kier molecular flexibility index (Phi) is 7.28. The van der Waals surface area contributed by atoms with E-state index >= 15 is 0 Å². The molecule has 3 atom stereocenters. The van der Waals surface area contributed by atoms with Gasteiger partial charge < -0.3 is 14.4 Å². The van der Waals surface area contributed by atoms with E-state index in [4.69, 9.17) is 9.26 Å². The molecule has 1 saturated carbocycles. The van der Waals surface area contributed by atoms with Crippen molar-refractivity contribution in [1.82, 2.24) is 10.4 Å². The van der Waals surface area contributed by atoms with E-state index in [0.717, 1.165) is 18.4 Å². The average molecular weight is 588 g/mol. The molecule has 10 nitrogen and oxygen atoms in total. The van der Waals surface area contributed by atoms with E-state index in [-0.39, 0.29) is 39.1 Å². The van der Waals surface area contributed by atoms with Crippen LogP contribution in [-0.2, 0) is 30.8 Å². The summed E-state index contributed by atoms with van der Waals surface area (Å²) in [7, 11) is -4.08. The molecule has 0 spiro atoms. The third kappa shape index (κ3) is 5.27.